The average Bonchev–Trinajstić information content (AvgIpc) is 3.42. The van der Waals surface area contributed by atoms with Crippen LogP contribution in [0.4, 0.5) is 5.69 Å². The molecule has 0 spiro atoms. The second-order valence-corrected chi connectivity index (χ2v) is 8.86. The SMILES string of the molecule is NS(=O)(=O)c1ccc(NC(=O)CSc2nnc(-c3ccco3)n2-c2ccccc2)cc1. The van der Waals surface area contributed by atoms with Gasteiger partial charge < -0.3 is 9.73 Å². The van der Waals surface area contributed by atoms with Gasteiger partial charge in [-0.2, -0.15) is 0 Å². The quantitative estimate of drug-likeness (QED) is 0.409. The third kappa shape index (κ3) is 4.85. The Labute approximate surface area is 182 Å². The first-order valence-corrected chi connectivity index (χ1v) is 11.6. The van der Waals surface area contributed by atoms with Gasteiger partial charge in [-0.25, -0.2) is 13.6 Å². The van der Waals surface area contributed by atoms with Crippen LogP contribution in [0, 0.1) is 0 Å². The molecule has 2 heterocycles. The maximum Gasteiger partial charge on any atom is 0.238 e. The van der Waals surface area contributed by atoms with E-state index in [1.807, 2.05) is 34.9 Å². The predicted octanol–water partition coefficient (Wildman–Crippen LogP) is 2.91. The molecule has 0 aliphatic rings. The zero-order valence-electron chi connectivity index (χ0n) is 16.0. The lowest BCUT2D eigenvalue weighted by molar-refractivity contribution is -0.113. The lowest BCUT2D eigenvalue weighted by Gasteiger charge is -2.09. The summed E-state index contributed by atoms with van der Waals surface area (Å²) in [6.45, 7) is 0. The first kappa shape index (κ1) is 20.8. The van der Waals surface area contributed by atoms with E-state index in [2.05, 4.69) is 15.5 Å². The Hall–Kier alpha value is -3.41. The zero-order valence-corrected chi connectivity index (χ0v) is 17.6. The second kappa shape index (κ2) is 8.76. The number of nitrogens with one attached hydrogen (secondary N) is 1. The van der Waals surface area contributed by atoms with Gasteiger partial charge in [-0.05, 0) is 48.5 Å². The summed E-state index contributed by atoms with van der Waals surface area (Å²) < 4.78 is 29.9. The molecule has 0 radical (unpaired) electrons. The largest absolute Gasteiger partial charge is 0.461 e. The fraction of sp³-hybridized carbons (Fsp3) is 0.0500. The number of aromatic nitrogens is 3. The Bertz CT molecular complexity index is 1290. The summed E-state index contributed by atoms with van der Waals surface area (Å²) in [5.41, 5.74) is 1.29. The summed E-state index contributed by atoms with van der Waals surface area (Å²) in [6, 6.07) is 18.7. The zero-order chi connectivity index (χ0) is 21.8. The van der Waals surface area contributed by atoms with Crippen LogP contribution in [0.5, 0.6) is 0 Å². The van der Waals surface area contributed by atoms with Crippen molar-refractivity contribution in [2.75, 3.05) is 11.1 Å². The van der Waals surface area contributed by atoms with Crippen molar-refractivity contribution in [3.63, 3.8) is 0 Å². The first-order valence-electron chi connectivity index (χ1n) is 9.02. The van der Waals surface area contributed by atoms with Crippen molar-refractivity contribution in [3.05, 3.63) is 73.0 Å². The maximum atomic E-state index is 12.4. The number of para-hydroxylation sites is 1. The highest BCUT2D eigenvalue weighted by molar-refractivity contribution is 7.99. The third-order valence-corrected chi connectivity index (χ3v) is 6.05. The minimum absolute atomic E-state index is 0.0266. The first-order chi connectivity index (χ1) is 14.9. The molecule has 158 valence electrons. The van der Waals surface area contributed by atoms with Crippen molar-refractivity contribution in [1.82, 2.24) is 14.8 Å². The van der Waals surface area contributed by atoms with Crippen LogP contribution < -0.4 is 10.5 Å². The number of hydrogen-bond acceptors (Lipinski definition) is 7. The van der Waals surface area contributed by atoms with Crippen molar-refractivity contribution in [2.45, 2.75) is 10.1 Å². The van der Waals surface area contributed by atoms with Gasteiger partial charge in [-0.15, -0.1) is 10.2 Å². The van der Waals surface area contributed by atoms with E-state index in [0.717, 1.165) is 5.69 Å². The number of amides is 1. The predicted molar refractivity (Wildman–Crippen MR) is 116 cm³/mol. The van der Waals surface area contributed by atoms with Gasteiger partial charge in [0.15, 0.2) is 10.9 Å². The van der Waals surface area contributed by atoms with Crippen molar-refractivity contribution in [2.24, 2.45) is 5.14 Å². The lowest BCUT2D eigenvalue weighted by atomic mass is 10.3. The third-order valence-electron chi connectivity index (χ3n) is 4.19. The van der Waals surface area contributed by atoms with Gasteiger partial charge in [0.2, 0.25) is 21.8 Å². The molecule has 0 atom stereocenters. The number of primary sulfonamides is 1. The summed E-state index contributed by atoms with van der Waals surface area (Å²) in [7, 11) is -3.78. The molecule has 0 unspecified atom stereocenters. The van der Waals surface area contributed by atoms with E-state index in [1.165, 1.54) is 36.0 Å². The fourth-order valence-electron chi connectivity index (χ4n) is 2.79. The van der Waals surface area contributed by atoms with Crippen LogP contribution in [0.3, 0.4) is 0 Å². The van der Waals surface area contributed by atoms with Crippen LogP contribution in [0.15, 0.2) is 87.5 Å². The molecule has 9 nitrogen and oxygen atoms in total. The number of benzene rings is 2. The van der Waals surface area contributed by atoms with E-state index in [9.17, 15) is 13.2 Å². The normalized spacial score (nSPS) is 11.4. The standard InChI is InChI=1S/C20H17N5O4S2/c21-31(27,28)16-10-8-14(9-11-16)22-18(26)13-30-20-24-23-19(17-7-4-12-29-17)25(20)15-5-2-1-3-6-15/h1-12H,13H2,(H,22,26)(H2,21,27,28). The topological polar surface area (TPSA) is 133 Å². The number of hydrogen-bond donors (Lipinski definition) is 2. The molecule has 0 fully saturated rings. The molecule has 2 aromatic heterocycles. The van der Waals surface area contributed by atoms with Gasteiger partial charge in [0.1, 0.15) is 0 Å². The van der Waals surface area contributed by atoms with Crippen LogP contribution in [0.25, 0.3) is 17.3 Å². The average molecular weight is 456 g/mol. The Morgan fingerprint density at radius 3 is 2.42 bits per heavy atom. The van der Waals surface area contributed by atoms with Crippen LogP contribution in [-0.4, -0.2) is 34.8 Å². The van der Waals surface area contributed by atoms with Crippen LogP contribution in [-0.2, 0) is 14.8 Å². The van der Waals surface area contributed by atoms with Crippen molar-refractivity contribution in [3.8, 4) is 17.3 Å². The molecular formula is C20H17N5O4S2. The molecule has 31 heavy (non-hydrogen) atoms. The number of carbonyl (C=O) groups excluding carboxylic acids is 1. The minimum Gasteiger partial charge on any atom is -0.461 e. The summed E-state index contributed by atoms with van der Waals surface area (Å²) in [6.07, 6.45) is 1.56. The van der Waals surface area contributed by atoms with E-state index in [1.54, 1.807) is 18.4 Å². The Balaban J connectivity index is 1.50. The highest BCUT2D eigenvalue weighted by Crippen LogP contribution is 2.28. The summed E-state index contributed by atoms with van der Waals surface area (Å²) in [5.74, 6) is 0.871. The molecule has 0 saturated carbocycles. The molecule has 2 aromatic carbocycles. The van der Waals surface area contributed by atoms with Crippen molar-refractivity contribution in [1.29, 1.82) is 0 Å². The monoisotopic (exact) mass is 455 g/mol. The molecular weight excluding hydrogens is 438 g/mol. The second-order valence-electron chi connectivity index (χ2n) is 6.36. The van der Waals surface area contributed by atoms with Gasteiger partial charge >= 0.3 is 0 Å². The number of carbonyl (C=O) groups is 1. The van der Waals surface area contributed by atoms with Crippen LogP contribution >= 0.6 is 11.8 Å². The summed E-state index contributed by atoms with van der Waals surface area (Å²) >= 11 is 1.21. The van der Waals surface area contributed by atoms with Gasteiger partial charge in [-0.3, -0.25) is 9.36 Å². The highest BCUT2D eigenvalue weighted by atomic mass is 32.2. The molecule has 0 bridgehead atoms. The van der Waals surface area contributed by atoms with Crippen LogP contribution in [0.2, 0.25) is 0 Å². The fourth-order valence-corrected chi connectivity index (χ4v) is 4.06. The number of nitrogens with two attached hydrogens (primary N) is 1. The molecule has 3 N–H and O–H groups in total. The summed E-state index contributed by atoms with van der Waals surface area (Å²) in [4.78, 5) is 12.4. The Kier molecular flexibility index (Phi) is 5.89. The van der Waals surface area contributed by atoms with Gasteiger partial charge in [-0.1, -0.05) is 30.0 Å². The number of thioether (sulfide) groups is 1. The smallest absolute Gasteiger partial charge is 0.238 e. The number of nitrogens with zero attached hydrogens (tertiary/aromatic N) is 3. The van der Waals surface area contributed by atoms with Gasteiger partial charge in [0, 0.05) is 11.4 Å². The minimum atomic E-state index is -3.78. The maximum absolute atomic E-state index is 12.4. The van der Waals surface area contributed by atoms with Gasteiger partial charge in [0.25, 0.3) is 0 Å². The number of furan rings is 1. The van der Waals surface area contributed by atoms with E-state index >= 15 is 0 Å². The van der Waals surface area contributed by atoms with Crippen molar-refractivity contribution < 1.29 is 17.6 Å². The van der Waals surface area contributed by atoms with E-state index < -0.39 is 10.0 Å². The van der Waals surface area contributed by atoms with E-state index in [4.69, 9.17) is 9.56 Å². The molecule has 4 aromatic rings. The van der Waals surface area contributed by atoms with Crippen LogP contribution in [0.1, 0.15) is 0 Å². The van der Waals surface area contributed by atoms with Gasteiger partial charge in [0.05, 0.1) is 16.9 Å². The molecule has 1 amide bonds. The highest BCUT2D eigenvalue weighted by Gasteiger charge is 2.19. The number of rotatable bonds is 7. The Morgan fingerprint density at radius 2 is 1.77 bits per heavy atom. The molecule has 0 aliphatic carbocycles. The lowest BCUT2D eigenvalue weighted by Crippen LogP contribution is -2.15. The molecule has 11 heteroatoms. The molecule has 0 saturated heterocycles. The molecule has 4 rings (SSSR count). The molecule has 0 aliphatic heterocycles. The number of anilines is 1. The Morgan fingerprint density at radius 1 is 1.03 bits per heavy atom. The number of sulfonamides is 1. The van der Waals surface area contributed by atoms with Crippen molar-refractivity contribution >= 4 is 33.4 Å². The van der Waals surface area contributed by atoms with E-state index in [0.29, 0.717) is 22.4 Å². The van der Waals surface area contributed by atoms with E-state index in [-0.39, 0.29) is 16.6 Å². The summed E-state index contributed by atoms with van der Waals surface area (Å²) in [5, 5.41) is 16.8.